The molecular weight excluding hydrogens is 262 g/mol. The number of rotatable bonds is 10. The number of likely N-dealkylation sites (N-methyl/N-ethyl adjacent to an activating group) is 3. The van der Waals surface area contributed by atoms with Gasteiger partial charge in [-0.15, -0.1) is 0 Å². The van der Waals surface area contributed by atoms with E-state index < -0.39 is 0 Å². The van der Waals surface area contributed by atoms with E-state index in [0.717, 1.165) is 32.6 Å². The van der Waals surface area contributed by atoms with Gasteiger partial charge >= 0.3 is 0 Å². The molecule has 0 heterocycles. The minimum absolute atomic E-state index is 0.0149. The van der Waals surface area contributed by atoms with Crippen LogP contribution in [0.15, 0.2) is 0 Å². The molecule has 0 aromatic rings. The first-order valence-corrected chi connectivity index (χ1v) is 8.73. The van der Waals surface area contributed by atoms with E-state index in [9.17, 15) is 5.11 Å². The normalized spacial score (nSPS) is 27.7. The van der Waals surface area contributed by atoms with E-state index in [1.54, 1.807) is 0 Å². The van der Waals surface area contributed by atoms with Crippen LogP contribution in [0.25, 0.3) is 0 Å². The molecule has 0 spiro atoms. The van der Waals surface area contributed by atoms with Crippen molar-refractivity contribution >= 4 is 0 Å². The molecule has 0 aliphatic heterocycles. The second-order valence-electron chi connectivity index (χ2n) is 6.96. The van der Waals surface area contributed by atoms with Gasteiger partial charge in [-0.2, -0.15) is 0 Å². The minimum Gasteiger partial charge on any atom is -0.394 e. The van der Waals surface area contributed by atoms with Crippen LogP contribution < -0.4 is 5.32 Å². The summed E-state index contributed by atoms with van der Waals surface area (Å²) < 4.78 is 0. The van der Waals surface area contributed by atoms with E-state index in [-0.39, 0.29) is 12.1 Å². The van der Waals surface area contributed by atoms with Crippen molar-refractivity contribution in [2.24, 2.45) is 5.92 Å². The van der Waals surface area contributed by atoms with Gasteiger partial charge in [-0.3, -0.25) is 4.90 Å². The summed E-state index contributed by atoms with van der Waals surface area (Å²) in [7, 11) is 4.28. The van der Waals surface area contributed by atoms with Crippen LogP contribution >= 0.6 is 0 Å². The van der Waals surface area contributed by atoms with Crippen molar-refractivity contribution < 1.29 is 5.11 Å². The molecular formula is C17H37N3O. The first kappa shape index (κ1) is 18.9. The van der Waals surface area contributed by atoms with Crippen LogP contribution in [-0.4, -0.2) is 73.4 Å². The van der Waals surface area contributed by atoms with Crippen molar-refractivity contribution in [2.45, 2.75) is 58.0 Å². The largest absolute Gasteiger partial charge is 0.394 e. The molecule has 0 aromatic heterocycles. The van der Waals surface area contributed by atoms with Gasteiger partial charge in [-0.05, 0) is 65.8 Å². The van der Waals surface area contributed by atoms with Gasteiger partial charge in [0.25, 0.3) is 0 Å². The van der Waals surface area contributed by atoms with Crippen LogP contribution in [0.1, 0.15) is 46.5 Å². The molecule has 0 radical (unpaired) electrons. The molecule has 0 aromatic carbocycles. The Bertz CT molecular complexity index is 285. The highest BCUT2D eigenvalue weighted by Gasteiger charge is 2.41. The fourth-order valence-corrected chi connectivity index (χ4v) is 4.07. The molecule has 0 amide bonds. The lowest BCUT2D eigenvalue weighted by molar-refractivity contribution is 0.104. The molecule has 21 heavy (non-hydrogen) atoms. The van der Waals surface area contributed by atoms with Gasteiger partial charge in [0, 0.05) is 18.1 Å². The molecule has 126 valence electrons. The maximum atomic E-state index is 9.89. The molecule has 0 saturated heterocycles. The predicted molar refractivity (Wildman–Crippen MR) is 90.7 cm³/mol. The van der Waals surface area contributed by atoms with Crippen LogP contribution in [0.5, 0.6) is 0 Å². The standard InChI is InChI=1S/C17H37N3O/c1-6-18-17(14-21)11-8-9-16(17)10-12-20(7-2)15(3)13-19(4)5/h15-16,18,21H,6-14H2,1-5H3. The van der Waals surface area contributed by atoms with Gasteiger partial charge in [0.15, 0.2) is 0 Å². The highest BCUT2D eigenvalue weighted by molar-refractivity contribution is 4.99. The van der Waals surface area contributed by atoms with Crippen LogP contribution in [-0.2, 0) is 0 Å². The monoisotopic (exact) mass is 299 g/mol. The molecule has 1 rings (SSSR count). The third-order valence-electron chi connectivity index (χ3n) is 5.19. The zero-order chi connectivity index (χ0) is 15.9. The number of hydrogen-bond donors (Lipinski definition) is 2. The van der Waals surface area contributed by atoms with Gasteiger partial charge in [0.1, 0.15) is 0 Å². The smallest absolute Gasteiger partial charge is 0.0616 e. The summed E-state index contributed by atoms with van der Waals surface area (Å²) in [6, 6.07) is 0.592. The lowest BCUT2D eigenvalue weighted by Crippen LogP contribution is -2.52. The average molecular weight is 300 g/mol. The Morgan fingerprint density at radius 1 is 1.33 bits per heavy atom. The van der Waals surface area contributed by atoms with Crippen LogP contribution in [0.2, 0.25) is 0 Å². The fraction of sp³-hybridized carbons (Fsp3) is 1.00. The zero-order valence-electron chi connectivity index (χ0n) is 14.9. The van der Waals surface area contributed by atoms with Crippen molar-refractivity contribution in [3.8, 4) is 0 Å². The lowest BCUT2D eigenvalue weighted by atomic mass is 9.85. The Morgan fingerprint density at radius 3 is 2.57 bits per heavy atom. The second kappa shape index (κ2) is 9.09. The Morgan fingerprint density at radius 2 is 2.05 bits per heavy atom. The average Bonchev–Trinajstić information content (AvgIpc) is 2.82. The Kier molecular flexibility index (Phi) is 8.17. The summed E-state index contributed by atoms with van der Waals surface area (Å²) in [6.07, 6.45) is 4.82. The highest BCUT2D eigenvalue weighted by Crippen LogP contribution is 2.37. The Labute approximate surface area is 131 Å². The molecule has 3 unspecified atom stereocenters. The summed E-state index contributed by atoms with van der Waals surface area (Å²) in [5.74, 6) is 0.614. The summed E-state index contributed by atoms with van der Waals surface area (Å²) >= 11 is 0. The lowest BCUT2D eigenvalue weighted by Gasteiger charge is -2.37. The Hall–Kier alpha value is -0.160. The minimum atomic E-state index is -0.0149. The molecule has 1 fully saturated rings. The van der Waals surface area contributed by atoms with E-state index in [4.69, 9.17) is 0 Å². The fourth-order valence-electron chi connectivity index (χ4n) is 4.07. The summed E-state index contributed by atoms with van der Waals surface area (Å²) in [5.41, 5.74) is -0.0149. The number of hydrogen-bond acceptors (Lipinski definition) is 4. The first-order chi connectivity index (χ1) is 9.99. The quantitative estimate of drug-likeness (QED) is 0.645. The third kappa shape index (κ3) is 5.20. The van der Waals surface area contributed by atoms with E-state index in [2.05, 4.69) is 50.0 Å². The number of nitrogens with one attached hydrogen (secondary N) is 1. The van der Waals surface area contributed by atoms with Crippen molar-refractivity contribution in [2.75, 3.05) is 46.9 Å². The summed E-state index contributed by atoms with van der Waals surface area (Å²) in [6.45, 7) is 11.3. The van der Waals surface area contributed by atoms with Crippen LogP contribution in [0.3, 0.4) is 0 Å². The second-order valence-corrected chi connectivity index (χ2v) is 6.96. The Balaban J connectivity index is 2.54. The molecule has 4 nitrogen and oxygen atoms in total. The van der Waals surface area contributed by atoms with Gasteiger partial charge in [0.2, 0.25) is 0 Å². The van der Waals surface area contributed by atoms with Crippen molar-refractivity contribution in [1.29, 1.82) is 0 Å². The highest BCUT2D eigenvalue weighted by atomic mass is 16.3. The predicted octanol–water partition coefficient (Wildman–Crippen LogP) is 1.79. The topological polar surface area (TPSA) is 38.7 Å². The first-order valence-electron chi connectivity index (χ1n) is 8.73. The van der Waals surface area contributed by atoms with Crippen molar-refractivity contribution in [3.05, 3.63) is 0 Å². The van der Waals surface area contributed by atoms with Gasteiger partial charge < -0.3 is 15.3 Å². The molecule has 1 saturated carbocycles. The SMILES string of the molecule is CCNC1(CO)CCCC1CCN(CC)C(C)CN(C)C. The third-order valence-corrected chi connectivity index (χ3v) is 5.19. The molecule has 0 bridgehead atoms. The molecule has 4 heteroatoms. The van der Waals surface area contributed by atoms with Gasteiger partial charge in [-0.1, -0.05) is 20.3 Å². The van der Waals surface area contributed by atoms with E-state index >= 15 is 0 Å². The zero-order valence-corrected chi connectivity index (χ0v) is 14.9. The van der Waals surface area contributed by atoms with Gasteiger partial charge in [0.05, 0.1) is 6.61 Å². The summed E-state index contributed by atoms with van der Waals surface area (Å²) in [5, 5.41) is 13.5. The van der Waals surface area contributed by atoms with E-state index in [0.29, 0.717) is 12.0 Å². The molecule has 3 atom stereocenters. The van der Waals surface area contributed by atoms with E-state index in [1.165, 1.54) is 19.3 Å². The molecule has 2 N–H and O–H groups in total. The van der Waals surface area contributed by atoms with Crippen LogP contribution in [0.4, 0.5) is 0 Å². The van der Waals surface area contributed by atoms with Gasteiger partial charge in [-0.25, -0.2) is 0 Å². The maximum absolute atomic E-state index is 9.89. The van der Waals surface area contributed by atoms with Crippen molar-refractivity contribution in [1.82, 2.24) is 15.1 Å². The van der Waals surface area contributed by atoms with E-state index in [1.807, 2.05) is 0 Å². The van der Waals surface area contributed by atoms with Crippen LogP contribution in [0, 0.1) is 5.92 Å². The molecule has 1 aliphatic rings. The maximum Gasteiger partial charge on any atom is 0.0616 e. The summed E-state index contributed by atoms with van der Waals surface area (Å²) in [4.78, 5) is 4.84. The van der Waals surface area contributed by atoms with Crippen molar-refractivity contribution in [3.63, 3.8) is 0 Å². The number of aliphatic hydroxyl groups is 1. The number of aliphatic hydroxyl groups excluding tert-OH is 1. The number of nitrogens with zero attached hydrogens (tertiary/aromatic N) is 2. The molecule has 1 aliphatic carbocycles.